The molecule has 4 heterocycles. The van der Waals surface area contributed by atoms with Crippen molar-refractivity contribution in [3.8, 4) is 11.3 Å². The summed E-state index contributed by atoms with van der Waals surface area (Å²) in [7, 11) is 0. The van der Waals surface area contributed by atoms with Gasteiger partial charge in [-0.2, -0.15) is 5.10 Å². The van der Waals surface area contributed by atoms with Gasteiger partial charge in [0, 0.05) is 36.6 Å². The van der Waals surface area contributed by atoms with E-state index in [-0.39, 0.29) is 18.0 Å². The Morgan fingerprint density at radius 2 is 2.00 bits per heavy atom. The molecule has 2 aliphatic rings. The second-order valence-electron chi connectivity index (χ2n) is 7.27. The summed E-state index contributed by atoms with van der Waals surface area (Å²) in [6, 6.07) is 1.40. The zero-order valence-corrected chi connectivity index (χ0v) is 16.5. The standard InChI is InChI=1S/C20H20F2N8O/c21-13-5-10-1-2-23-8-12(10)16(22)15(13)19-25-9-14-18(28-19)17(30-29-14)11-6-26-20(27-7-11)24-3-4-31/h5-7,23,31H,1-4,8-9H2,(H,25,28)(H,29,30)(H,24,26,27). The first-order valence-electron chi connectivity index (χ1n) is 9.93. The van der Waals surface area contributed by atoms with Gasteiger partial charge in [0.05, 0.1) is 24.4 Å². The van der Waals surface area contributed by atoms with Crippen LogP contribution in [0.4, 0.5) is 20.4 Å². The van der Waals surface area contributed by atoms with Gasteiger partial charge in [0.25, 0.3) is 0 Å². The van der Waals surface area contributed by atoms with Crippen molar-refractivity contribution in [3.63, 3.8) is 0 Å². The topological polar surface area (TPSA) is 123 Å². The lowest BCUT2D eigenvalue weighted by molar-refractivity contribution is 0.311. The molecule has 0 spiro atoms. The van der Waals surface area contributed by atoms with E-state index in [2.05, 4.69) is 41.1 Å². The van der Waals surface area contributed by atoms with Gasteiger partial charge in [0.1, 0.15) is 28.9 Å². The van der Waals surface area contributed by atoms with Gasteiger partial charge in [-0.3, -0.25) is 5.10 Å². The number of aromatic amines is 1. The Bertz CT molecular complexity index is 1160. The van der Waals surface area contributed by atoms with Gasteiger partial charge in [-0.25, -0.2) is 23.7 Å². The minimum absolute atomic E-state index is 0.0334. The van der Waals surface area contributed by atoms with Gasteiger partial charge in [0.2, 0.25) is 5.95 Å². The van der Waals surface area contributed by atoms with E-state index in [1.807, 2.05) is 0 Å². The number of aliphatic hydroxyl groups is 1. The molecular weight excluding hydrogens is 406 g/mol. The van der Waals surface area contributed by atoms with Crippen LogP contribution in [0.2, 0.25) is 0 Å². The third-order valence-corrected chi connectivity index (χ3v) is 5.31. The highest BCUT2D eigenvalue weighted by Gasteiger charge is 2.27. The number of aromatic nitrogens is 4. The molecule has 0 aliphatic carbocycles. The second-order valence-corrected chi connectivity index (χ2v) is 7.27. The van der Waals surface area contributed by atoms with E-state index in [0.29, 0.717) is 72.3 Å². The minimum atomic E-state index is -0.638. The van der Waals surface area contributed by atoms with Gasteiger partial charge in [-0.05, 0) is 24.6 Å². The van der Waals surface area contributed by atoms with Crippen LogP contribution in [0.15, 0.2) is 23.5 Å². The van der Waals surface area contributed by atoms with Crippen molar-refractivity contribution in [2.24, 2.45) is 4.99 Å². The van der Waals surface area contributed by atoms with Crippen molar-refractivity contribution in [2.75, 3.05) is 25.0 Å². The molecule has 11 heteroatoms. The molecule has 0 bridgehead atoms. The lowest BCUT2D eigenvalue weighted by atomic mass is 9.96. The SMILES string of the molecule is OCCNc1ncc(-c2n[nH]c3c2N=C(c2c(F)cc4c(c2F)CNCC4)NC3)cn1. The maximum atomic E-state index is 15.2. The van der Waals surface area contributed by atoms with Crippen LogP contribution in [0, 0.1) is 11.6 Å². The molecule has 3 aromatic rings. The Balaban J connectivity index is 1.52. The number of halogens is 2. The first-order valence-corrected chi connectivity index (χ1v) is 9.93. The van der Waals surface area contributed by atoms with Crippen molar-refractivity contribution in [1.29, 1.82) is 0 Å². The van der Waals surface area contributed by atoms with Gasteiger partial charge >= 0.3 is 0 Å². The van der Waals surface area contributed by atoms with Crippen molar-refractivity contribution < 1.29 is 13.9 Å². The van der Waals surface area contributed by atoms with E-state index >= 15 is 4.39 Å². The lowest BCUT2D eigenvalue weighted by Crippen LogP contribution is -2.31. The molecule has 5 rings (SSSR count). The number of H-pyrrole nitrogens is 1. The van der Waals surface area contributed by atoms with Gasteiger partial charge < -0.3 is 21.1 Å². The van der Waals surface area contributed by atoms with Crippen LogP contribution in [-0.4, -0.2) is 50.8 Å². The molecule has 0 atom stereocenters. The molecular formula is C20H20F2N8O. The monoisotopic (exact) mass is 426 g/mol. The quantitative estimate of drug-likeness (QED) is 0.418. The third kappa shape index (κ3) is 3.51. The molecule has 31 heavy (non-hydrogen) atoms. The number of nitrogens with one attached hydrogen (secondary N) is 4. The second kappa shape index (κ2) is 8.00. The fraction of sp³-hybridized carbons (Fsp3) is 0.300. The van der Waals surface area contributed by atoms with E-state index < -0.39 is 11.6 Å². The molecule has 0 fully saturated rings. The zero-order valence-electron chi connectivity index (χ0n) is 16.5. The number of hydrogen-bond donors (Lipinski definition) is 5. The normalized spacial score (nSPS) is 15.0. The number of fused-ring (bicyclic) bond motifs is 2. The summed E-state index contributed by atoms with van der Waals surface area (Å²) >= 11 is 0. The fourth-order valence-corrected chi connectivity index (χ4v) is 3.77. The number of benzene rings is 1. The summed E-state index contributed by atoms with van der Waals surface area (Å²) in [5, 5.41) is 25.1. The Morgan fingerprint density at radius 3 is 2.81 bits per heavy atom. The zero-order chi connectivity index (χ0) is 21.4. The molecule has 2 aliphatic heterocycles. The van der Waals surface area contributed by atoms with E-state index in [9.17, 15) is 4.39 Å². The highest BCUT2D eigenvalue weighted by molar-refractivity contribution is 6.03. The summed E-state index contributed by atoms with van der Waals surface area (Å²) in [5.74, 6) is -0.731. The molecule has 160 valence electrons. The Labute approximate surface area is 176 Å². The predicted molar refractivity (Wildman–Crippen MR) is 110 cm³/mol. The first-order chi connectivity index (χ1) is 15.2. The van der Waals surface area contributed by atoms with Crippen LogP contribution >= 0.6 is 0 Å². The summed E-state index contributed by atoms with van der Waals surface area (Å²) in [6.07, 6.45) is 3.74. The van der Waals surface area contributed by atoms with Crippen molar-refractivity contribution in [1.82, 2.24) is 30.8 Å². The first kappa shape index (κ1) is 19.5. The highest BCUT2D eigenvalue weighted by Crippen LogP contribution is 2.34. The lowest BCUT2D eigenvalue weighted by Gasteiger charge is -2.22. The number of rotatable bonds is 5. The molecule has 1 aromatic carbocycles. The molecule has 0 radical (unpaired) electrons. The summed E-state index contributed by atoms with van der Waals surface area (Å²) in [5.41, 5.74) is 3.27. The van der Waals surface area contributed by atoms with Gasteiger partial charge in [0.15, 0.2) is 0 Å². The summed E-state index contributed by atoms with van der Waals surface area (Å²) < 4.78 is 30.0. The van der Waals surface area contributed by atoms with Crippen LogP contribution in [0.3, 0.4) is 0 Å². The molecule has 0 amide bonds. The van der Waals surface area contributed by atoms with E-state index in [0.717, 1.165) is 0 Å². The van der Waals surface area contributed by atoms with Crippen LogP contribution < -0.4 is 16.0 Å². The molecule has 0 saturated heterocycles. The number of amidine groups is 1. The maximum Gasteiger partial charge on any atom is 0.222 e. The Kier molecular flexibility index (Phi) is 5.04. The number of anilines is 1. The fourth-order valence-electron chi connectivity index (χ4n) is 3.77. The van der Waals surface area contributed by atoms with E-state index in [4.69, 9.17) is 5.11 Å². The number of aliphatic hydroxyl groups excluding tert-OH is 1. The highest BCUT2D eigenvalue weighted by atomic mass is 19.1. The molecule has 0 saturated carbocycles. The van der Waals surface area contributed by atoms with E-state index in [1.54, 1.807) is 12.4 Å². The number of nitrogens with zero attached hydrogens (tertiary/aromatic N) is 4. The van der Waals surface area contributed by atoms with Crippen molar-refractivity contribution >= 4 is 17.5 Å². The number of aliphatic imine (C=N–C) groups is 1. The van der Waals surface area contributed by atoms with Crippen LogP contribution in [-0.2, 0) is 19.5 Å². The Hall–Kier alpha value is -3.44. The molecule has 9 nitrogen and oxygen atoms in total. The van der Waals surface area contributed by atoms with Crippen molar-refractivity contribution in [2.45, 2.75) is 19.5 Å². The molecule has 2 aromatic heterocycles. The maximum absolute atomic E-state index is 15.2. The molecule has 0 unspecified atom stereocenters. The van der Waals surface area contributed by atoms with Crippen LogP contribution in [0.5, 0.6) is 0 Å². The summed E-state index contributed by atoms with van der Waals surface area (Å²) in [6.45, 7) is 1.66. The summed E-state index contributed by atoms with van der Waals surface area (Å²) in [4.78, 5) is 12.9. The number of hydrogen-bond acceptors (Lipinski definition) is 8. The predicted octanol–water partition coefficient (Wildman–Crippen LogP) is 1.38. The average Bonchev–Trinajstić information content (AvgIpc) is 3.21. The third-order valence-electron chi connectivity index (χ3n) is 5.31. The largest absolute Gasteiger partial charge is 0.395 e. The van der Waals surface area contributed by atoms with Crippen molar-refractivity contribution in [3.05, 3.63) is 52.5 Å². The molecule has 5 N–H and O–H groups in total. The van der Waals surface area contributed by atoms with Crippen LogP contribution in [0.1, 0.15) is 22.4 Å². The van der Waals surface area contributed by atoms with Crippen LogP contribution in [0.25, 0.3) is 11.3 Å². The van der Waals surface area contributed by atoms with Gasteiger partial charge in [-0.15, -0.1) is 0 Å². The van der Waals surface area contributed by atoms with Gasteiger partial charge in [-0.1, -0.05) is 0 Å². The smallest absolute Gasteiger partial charge is 0.222 e. The van der Waals surface area contributed by atoms with E-state index in [1.165, 1.54) is 6.07 Å². The Morgan fingerprint density at radius 1 is 1.16 bits per heavy atom. The minimum Gasteiger partial charge on any atom is -0.395 e. The average molecular weight is 426 g/mol.